The van der Waals surface area contributed by atoms with E-state index in [4.69, 9.17) is 0 Å². The maximum atomic E-state index is 14.5. The standard InChI is InChI=1S/C19H26FN3O/c20-17-13-15(6-7-18(17)22-8-1-2-9-22)19(24)23-12-4-11-21-10-3-5-16(21)14-23/h6-7,13,16H,1-5,8-12,14H2/t16-/m0/s1. The van der Waals surface area contributed by atoms with E-state index < -0.39 is 0 Å². The number of anilines is 1. The van der Waals surface area contributed by atoms with Crippen molar-refractivity contribution in [3.05, 3.63) is 29.6 Å². The molecule has 1 amide bonds. The molecular formula is C19H26FN3O. The predicted molar refractivity (Wildman–Crippen MR) is 93.0 cm³/mol. The first-order chi connectivity index (χ1) is 11.7. The molecule has 0 N–H and O–H groups in total. The number of carbonyl (C=O) groups is 1. The minimum absolute atomic E-state index is 0.0179. The quantitative estimate of drug-likeness (QED) is 0.834. The fourth-order valence-corrected chi connectivity index (χ4v) is 4.43. The van der Waals surface area contributed by atoms with Crippen LogP contribution in [-0.4, -0.2) is 61.0 Å². The number of rotatable bonds is 2. The van der Waals surface area contributed by atoms with Gasteiger partial charge >= 0.3 is 0 Å². The zero-order valence-electron chi connectivity index (χ0n) is 14.2. The third kappa shape index (κ3) is 3.02. The molecule has 0 aliphatic carbocycles. The number of hydrogen-bond donors (Lipinski definition) is 0. The van der Waals surface area contributed by atoms with Gasteiger partial charge in [0.1, 0.15) is 5.82 Å². The Bertz CT molecular complexity index is 615. The van der Waals surface area contributed by atoms with Crippen LogP contribution < -0.4 is 4.90 Å². The number of carbonyl (C=O) groups excluding carboxylic acids is 1. The number of benzene rings is 1. The van der Waals surface area contributed by atoms with Crippen LogP contribution in [-0.2, 0) is 0 Å². The minimum Gasteiger partial charge on any atom is -0.369 e. The van der Waals surface area contributed by atoms with Gasteiger partial charge in [-0.25, -0.2) is 4.39 Å². The lowest BCUT2D eigenvalue weighted by atomic mass is 10.1. The summed E-state index contributed by atoms with van der Waals surface area (Å²) in [7, 11) is 0. The number of nitrogens with zero attached hydrogens (tertiary/aromatic N) is 3. The summed E-state index contributed by atoms with van der Waals surface area (Å²) in [5.41, 5.74) is 1.13. The molecule has 3 saturated heterocycles. The average molecular weight is 331 g/mol. The molecule has 5 heteroatoms. The second kappa shape index (κ2) is 6.71. The normalized spacial score (nSPS) is 25.0. The monoisotopic (exact) mass is 331 g/mol. The van der Waals surface area contributed by atoms with E-state index in [9.17, 15) is 9.18 Å². The molecule has 0 bridgehead atoms. The Morgan fingerprint density at radius 1 is 1.00 bits per heavy atom. The van der Waals surface area contributed by atoms with Crippen LogP contribution >= 0.6 is 0 Å². The highest BCUT2D eigenvalue weighted by Crippen LogP contribution is 2.26. The second-order valence-electron chi connectivity index (χ2n) is 7.30. The van der Waals surface area contributed by atoms with Crippen LogP contribution in [0, 0.1) is 5.82 Å². The number of amides is 1. The average Bonchev–Trinajstić information content (AvgIpc) is 3.22. The number of hydrogen-bond acceptors (Lipinski definition) is 3. The molecule has 1 aromatic carbocycles. The van der Waals surface area contributed by atoms with Gasteiger partial charge < -0.3 is 9.80 Å². The van der Waals surface area contributed by atoms with Gasteiger partial charge in [-0.3, -0.25) is 9.69 Å². The van der Waals surface area contributed by atoms with Gasteiger partial charge in [-0.1, -0.05) is 0 Å². The Balaban J connectivity index is 1.50. The molecule has 1 atom stereocenters. The first kappa shape index (κ1) is 15.9. The van der Waals surface area contributed by atoms with Crippen LogP contribution in [0.15, 0.2) is 18.2 Å². The van der Waals surface area contributed by atoms with E-state index in [0.717, 1.165) is 58.5 Å². The smallest absolute Gasteiger partial charge is 0.254 e. The summed E-state index contributed by atoms with van der Waals surface area (Å²) in [6.07, 6.45) is 5.64. The molecule has 1 aromatic rings. The molecule has 0 saturated carbocycles. The molecule has 0 aromatic heterocycles. The van der Waals surface area contributed by atoms with Crippen LogP contribution in [0.1, 0.15) is 42.5 Å². The Morgan fingerprint density at radius 2 is 1.79 bits per heavy atom. The summed E-state index contributed by atoms with van der Waals surface area (Å²) in [6, 6.07) is 5.52. The molecule has 24 heavy (non-hydrogen) atoms. The van der Waals surface area contributed by atoms with Crippen molar-refractivity contribution in [2.24, 2.45) is 0 Å². The maximum Gasteiger partial charge on any atom is 0.254 e. The molecule has 4 nitrogen and oxygen atoms in total. The SMILES string of the molecule is O=C(c1ccc(N2CCCC2)c(F)c1)N1CCCN2CCC[C@H]2C1. The van der Waals surface area contributed by atoms with Gasteiger partial charge in [0.05, 0.1) is 5.69 Å². The Kier molecular flexibility index (Phi) is 4.44. The fourth-order valence-electron chi connectivity index (χ4n) is 4.43. The zero-order valence-corrected chi connectivity index (χ0v) is 14.2. The Morgan fingerprint density at radius 3 is 2.58 bits per heavy atom. The molecule has 3 fully saturated rings. The maximum absolute atomic E-state index is 14.5. The zero-order chi connectivity index (χ0) is 16.5. The van der Waals surface area contributed by atoms with Crippen molar-refractivity contribution in [1.82, 2.24) is 9.80 Å². The highest BCUT2D eigenvalue weighted by molar-refractivity contribution is 5.94. The van der Waals surface area contributed by atoms with Crippen LogP contribution in [0.25, 0.3) is 0 Å². The molecule has 130 valence electrons. The van der Waals surface area contributed by atoms with E-state index >= 15 is 0 Å². The lowest BCUT2D eigenvalue weighted by Crippen LogP contribution is -2.39. The largest absolute Gasteiger partial charge is 0.369 e. The molecule has 3 aliphatic heterocycles. The van der Waals surface area contributed by atoms with Crippen LogP contribution in [0.5, 0.6) is 0 Å². The Labute approximate surface area is 143 Å². The van der Waals surface area contributed by atoms with E-state index in [1.807, 2.05) is 4.90 Å². The highest BCUT2D eigenvalue weighted by atomic mass is 19.1. The summed E-state index contributed by atoms with van der Waals surface area (Å²) < 4.78 is 14.5. The van der Waals surface area contributed by atoms with Crippen molar-refractivity contribution in [3.63, 3.8) is 0 Å². The lowest BCUT2D eigenvalue weighted by molar-refractivity contribution is 0.0743. The van der Waals surface area contributed by atoms with E-state index in [2.05, 4.69) is 9.80 Å². The van der Waals surface area contributed by atoms with E-state index in [0.29, 0.717) is 17.3 Å². The predicted octanol–water partition coefficient (Wildman–Crippen LogP) is 2.74. The van der Waals surface area contributed by atoms with Gasteiger partial charge in [0.15, 0.2) is 0 Å². The van der Waals surface area contributed by atoms with Gasteiger partial charge in [-0.2, -0.15) is 0 Å². The van der Waals surface area contributed by atoms with Crippen LogP contribution in [0.4, 0.5) is 10.1 Å². The molecular weight excluding hydrogens is 305 g/mol. The van der Waals surface area contributed by atoms with Crippen molar-refractivity contribution in [2.75, 3.05) is 44.2 Å². The van der Waals surface area contributed by atoms with Crippen LogP contribution in [0.3, 0.4) is 0 Å². The molecule has 3 aliphatic rings. The molecule has 0 spiro atoms. The summed E-state index contributed by atoms with van der Waals surface area (Å²) in [4.78, 5) is 19.4. The fraction of sp³-hybridized carbons (Fsp3) is 0.632. The van der Waals surface area contributed by atoms with Gasteiger partial charge in [0.25, 0.3) is 5.91 Å². The number of halogens is 1. The Hall–Kier alpha value is -1.62. The van der Waals surface area contributed by atoms with E-state index in [-0.39, 0.29) is 11.7 Å². The molecule has 3 heterocycles. The van der Waals surface area contributed by atoms with Crippen LogP contribution in [0.2, 0.25) is 0 Å². The van der Waals surface area contributed by atoms with Crippen molar-refractivity contribution in [2.45, 2.75) is 38.1 Å². The summed E-state index contributed by atoms with van der Waals surface area (Å²) in [6.45, 7) is 5.62. The van der Waals surface area contributed by atoms with E-state index in [1.165, 1.54) is 18.9 Å². The van der Waals surface area contributed by atoms with Gasteiger partial charge in [0, 0.05) is 44.3 Å². The molecule has 0 radical (unpaired) electrons. The summed E-state index contributed by atoms with van der Waals surface area (Å²) in [5, 5.41) is 0. The van der Waals surface area contributed by atoms with Crippen molar-refractivity contribution in [3.8, 4) is 0 Å². The van der Waals surface area contributed by atoms with Gasteiger partial charge in [-0.05, 0) is 56.8 Å². The molecule has 0 unspecified atom stereocenters. The molecule has 4 rings (SSSR count). The second-order valence-corrected chi connectivity index (χ2v) is 7.30. The lowest BCUT2D eigenvalue weighted by Gasteiger charge is -2.26. The topological polar surface area (TPSA) is 26.8 Å². The summed E-state index contributed by atoms with van der Waals surface area (Å²) >= 11 is 0. The van der Waals surface area contributed by atoms with Gasteiger partial charge in [0.2, 0.25) is 0 Å². The van der Waals surface area contributed by atoms with Crippen molar-refractivity contribution >= 4 is 11.6 Å². The third-order valence-electron chi connectivity index (χ3n) is 5.73. The summed E-state index contributed by atoms with van der Waals surface area (Å²) in [5.74, 6) is -0.282. The van der Waals surface area contributed by atoms with E-state index in [1.54, 1.807) is 12.1 Å². The number of fused-ring (bicyclic) bond motifs is 1. The van der Waals surface area contributed by atoms with Crippen molar-refractivity contribution in [1.29, 1.82) is 0 Å². The first-order valence-corrected chi connectivity index (χ1v) is 9.30. The highest BCUT2D eigenvalue weighted by Gasteiger charge is 2.31. The third-order valence-corrected chi connectivity index (χ3v) is 5.73. The van der Waals surface area contributed by atoms with Crippen molar-refractivity contribution < 1.29 is 9.18 Å². The van der Waals surface area contributed by atoms with Gasteiger partial charge in [-0.15, -0.1) is 0 Å². The minimum atomic E-state index is -0.264. The first-order valence-electron chi connectivity index (χ1n) is 9.30.